The lowest BCUT2D eigenvalue weighted by atomic mass is 10.3. The molecule has 1 fully saturated rings. The van der Waals surface area contributed by atoms with E-state index >= 15 is 0 Å². The van der Waals surface area contributed by atoms with Gasteiger partial charge in [-0.05, 0) is 12.1 Å². The molecule has 3 N–H and O–H groups in total. The predicted octanol–water partition coefficient (Wildman–Crippen LogP) is 0.434. The molecule has 15 heavy (non-hydrogen) atoms. The van der Waals surface area contributed by atoms with Crippen molar-refractivity contribution in [1.29, 1.82) is 0 Å². The zero-order chi connectivity index (χ0) is 10.8. The van der Waals surface area contributed by atoms with Gasteiger partial charge in [0.2, 0.25) is 6.41 Å². The largest absolute Gasteiger partial charge is 0.329 e. The van der Waals surface area contributed by atoms with Crippen molar-refractivity contribution in [3.8, 4) is 0 Å². The van der Waals surface area contributed by atoms with Crippen LogP contribution in [-0.4, -0.2) is 32.6 Å². The summed E-state index contributed by atoms with van der Waals surface area (Å²) in [5.74, 6) is 0. The van der Waals surface area contributed by atoms with Gasteiger partial charge in [-0.2, -0.15) is 0 Å². The highest BCUT2D eigenvalue weighted by Crippen LogP contribution is 2.01. The van der Waals surface area contributed by atoms with Crippen LogP contribution in [-0.2, 0) is 4.79 Å². The molecule has 0 aromatic heterocycles. The van der Waals surface area contributed by atoms with E-state index in [0.29, 0.717) is 6.41 Å². The van der Waals surface area contributed by atoms with Gasteiger partial charge in [-0.25, -0.2) is 0 Å². The Hall–Kier alpha value is -1.39. The quantitative estimate of drug-likeness (QED) is 0.617. The van der Waals surface area contributed by atoms with E-state index in [9.17, 15) is 4.79 Å². The van der Waals surface area contributed by atoms with Crippen LogP contribution in [0, 0.1) is 0 Å². The van der Waals surface area contributed by atoms with Gasteiger partial charge < -0.3 is 16.0 Å². The van der Waals surface area contributed by atoms with Gasteiger partial charge in [-0.1, -0.05) is 18.2 Å². The third kappa shape index (κ3) is 5.83. The molecule has 0 radical (unpaired) electrons. The van der Waals surface area contributed by atoms with Gasteiger partial charge in [0.05, 0.1) is 0 Å². The van der Waals surface area contributed by atoms with E-state index in [1.807, 2.05) is 30.3 Å². The number of hydrogen-bond acceptors (Lipinski definition) is 3. The summed E-state index contributed by atoms with van der Waals surface area (Å²) in [5, 5.41) is 8.97. The SMILES string of the molecule is C1CNCCN1.O=CNc1ccccc1. The summed E-state index contributed by atoms with van der Waals surface area (Å²) in [5.41, 5.74) is 0.826. The molecule has 0 bridgehead atoms. The average Bonchev–Trinajstić information content (AvgIpc) is 2.34. The number of carbonyl (C=O) groups excluding carboxylic acids is 1. The summed E-state index contributed by atoms with van der Waals surface area (Å²) in [4.78, 5) is 9.86. The average molecular weight is 207 g/mol. The molecule has 1 aliphatic rings. The van der Waals surface area contributed by atoms with Gasteiger partial charge in [0, 0.05) is 31.9 Å². The Balaban J connectivity index is 0.000000162. The molecule has 0 unspecified atom stereocenters. The molecular formula is C11H17N3O. The minimum absolute atomic E-state index is 0.662. The van der Waals surface area contributed by atoms with Crippen LogP contribution in [0.15, 0.2) is 30.3 Å². The summed E-state index contributed by atoms with van der Waals surface area (Å²) < 4.78 is 0. The smallest absolute Gasteiger partial charge is 0.211 e. The molecule has 1 aromatic carbocycles. The lowest BCUT2D eigenvalue weighted by molar-refractivity contribution is -0.105. The molecule has 1 amide bonds. The third-order valence-corrected chi connectivity index (χ3v) is 1.96. The first-order chi connectivity index (χ1) is 7.43. The highest BCUT2D eigenvalue weighted by atomic mass is 16.1. The normalized spacial score (nSPS) is 14.7. The monoisotopic (exact) mass is 207 g/mol. The zero-order valence-corrected chi connectivity index (χ0v) is 8.70. The van der Waals surface area contributed by atoms with Crippen LogP contribution >= 0.6 is 0 Å². The maximum absolute atomic E-state index is 9.86. The molecule has 1 aliphatic heterocycles. The van der Waals surface area contributed by atoms with E-state index in [1.165, 1.54) is 0 Å². The van der Waals surface area contributed by atoms with E-state index in [1.54, 1.807) is 0 Å². The summed E-state index contributed by atoms with van der Waals surface area (Å²) in [6.45, 7) is 4.56. The van der Waals surface area contributed by atoms with Crippen molar-refractivity contribution >= 4 is 12.1 Å². The Morgan fingerprint density at radius 3 is 1.93 bits per heavy atom. The molecule has 0 atom stereocenters. The van der Waals surface area contributed by atoms with E-state index in [2.05, 4.69) is 16.0 Å². The second-order valence-corrected chi connectivity index (χ2v) is 3.13. The van der Waals surface area contributed by atoms with Crippen LogP contribution in [0.4, 0.5) is 5.69 Å². The van der Waals surface area contributed by atoms with E-state index in [0.717, 1.165) is 31.9 Å². The van der Waals surface area contributed by atoms with Crippen molar-refractivity contribution in [2.45, 2.75) is 0 Å². The zero-order valence-electron chi connectivity index (χ0n) is 8.70. The predicted molar refractivity (Wildman–Crippen MR) is 61.9 cm³/mol. The first-order valence-corrected chi connectivity index (χ1v) is 5.10. The van der Waals surface area contributed by atoms with Gasteiger partial charge in [0.25, 0.3) is 0 Å². The van der Waals surface area contributed by atoms with Crippen LogP contribution in [0.3, 0.4) is 0 Å². The Bertz CT molecular complexity index is 248. The molecule has 82 valence electrons. The van der Waals surface area contributed by atoms with E-state index in [-0.39, 0.29) is 0 Å². The Kier molecular flexibility index (Phi) is 6.20. The first-order valence-electron chi connectivity index (χ1n) is 5.10. The number of carbonyl (C=O) groups is 1. The third-order valence-electron chi connectivity index (χ3n) is 1.96. The number of rotatable bonds is 2. The van der Waals surface area contributed by atoms with Gasteiger partial charge in [0.15, 0.2) is 0 Å². The second-order valence-electron chi connectivity index (χ2n) is 3.13. The molecule has 4 nitrogen and oxygen atoms in total. The van der Waals surface area contributed by atoms with E-state index < -0.39 is 0 Å². The standard InChI is InChI=1S/C7H7NO.C4H10N2/c9-6-8-7-4-2-1-3-5-7;1-2-6-4-3-5-1/h1-6H,(H,8,9);5-6H,1-4H2. The molecule has 1 heterocycles. The molecular weight excluding hydrogens is 190 g/mol. The Morgan fingerprint density at radius 1 is 1.00 bits per heavy atom. The first kappa shape index (κ1) is 11.7. The molecule has 4 heteroatoms. The topological polar surface area (TPSA) is 53.2 Å². The van der Waals surface area contributed by atoms with Crippen molar-refractivity contribution in [3.05, 3.63) is 30.3 Å². The fourth-order valence-corrected chi connectivity index (χ4v) is 1.21. The lowest BCUT2D eigenvalue weighted by Gasteiger charge is -2.11. The van der Waals surface area contributed by atoms with E-state index in [4.69, 9.17) is 0 Å². The van der Waals surface area contributed by atoms with Crippen molar-refractivity contribution in [3.63, 3.8) is 0 Å². The number of nitrogens with one attached hydrogen (secondary N) is 3. The Labute approximate surface area is 90.1 Å². The van der Waals surface area contributed by atoms with Crippen molar-refractivity contribution in [1.82, 2.24) is 10.6 Å². The summed E-state index contributed by atoms with van der Waals surface area (Å²) >= 11 is 0. The molecule has 1 saturated heterocycles. The number of para-hydroxylation sites is 1. The summed E-state index contributed by atoms with van der Waals surface area (Å²) in [6.07, 6.45) is 0.662. The second kappa shape index (κ2) is 7.96. The minimum atomic E-state index is 0.662. The molecule has 2 rings (SSSR count). The molecule has 0 saturated carbocycles. The van der Waals surface area contributed by atoms with Crippen molar-refractivity contribution in [2.24, 2.45) is 0 Å². The maximum Gasteiger partial charge on any atom is 0.211 e. The fourth-order valence-electron chi connectivity index (χ4n) is 1.21. The fraction of sp³-hybridized carbons (Fsp3) is 0.364. The van der Waals surface area contributed by atoms with Crippen molar-refractivity contribution in [2.75, 3.05) is 31.5 Å². The van der Waals surface area contributed by atoms with Gasteiger partial charge in [0.1, 0.15) is 0 Å². The number of amides is 1. The number of benzene rings is 1. The van der Waals surface area contributed by atoms with Gasteiger partial charge in [-0.15, -0.1) is 0 Å². The highest BCUT2D eigenvalue weighted by Gasteiger charge is 1.91. The Morgan fingerprint density at radius 2 is 1.53 bits per heavy atom. The van der Waals surface area contributed by atoms with Gasteiger partial charge >= 0.3 is 0 Å². The summed E-state index contributed by atoms with van der Waals surface area (Å²) in [7, 11) is 0. The minimum Gasteiger partial charge on any atom is -0.329 e. The summed E-state index contributed by atoms with van der Waals surface area (Å²) in [6, 6.07) is 9.29. The van der Waals surface area contributed by atoms with Crippen LogP contribution < -0.4 is 16.0 Å². The van der Waals surface area contributed by atoms with Crippen molar-refractivity contribution < 1.29 is 4.79 Å². The number of hydrogen-bond donors (Lipinski definition) is 3. The molecule has 1 aromatic rings. The lowest BCUT2D eigenvalue weighted by Crippen LogP contribution is -2.39. The highest BCUT2D eigenvalue weighted by molar-refractivity contribution is 5.70. The molecule has 0 aliphatic carbocycles. The molecule has 0 spiro atoms. The number of piperazine rings is 1. The van der Waals surface area contributed by atoms with Crippen LogP contribution in [0.1, 0.15) is 0 Å². The van der Waals surface area contributed by atoms with Gasteiger partial charge in [-0.3, -0.25) is 4.79 Å². The maximum atomic E-state index is 9.86. The van der Waals surface area contributed by atoms with Crippen LogP contribution in [0.25, 0.3) is 0 Å². The van der Waals surface area contributed by atoms with Crippen LogP contribution in [0.5, 0.6) is 0 Å². The van der Waals surface area contributed by atoms with Crippen LogP contribution in [0.2, 0.25) is 0 Å². The number of anilines is 1.